The number of allylic oxidation sites excluding steroid dienone is 2. The fourth-order valence-corrected chi connectivity index (χ4v) is 0.223. The first-order chi connectivity index (χ1) is 3.18. The highest BCUT2D eigenvalue weighted by atomic mass is 35.5. The Kier molecular flexibility index (Phi) is 2.68. The van der Waals surface area contributed by atoms with Crippen molar-refractivity contribution in [2.24, 2.45) is 0 Å². The predicted molar refractivity (Wildman–Crippen MR) is 30.3 cm³/mol. The lowest BCUT2D eigenvalue weighted by molar-refractivity contribution is -0.108. The Hall–Kier alpha value is -0.300. The number of carbonyl (C=O) groups excluding carboxylic acids is 1. The highest BCUT2D eigenvalue weighted by molar-refractivity contribution is 6.67. The van der Waals surface area contributed by atoms with E-state index in [-0.39, 0.29) is 5.24 Å². The van der Waals surface area contributed by atoms with Gasteiger partial charge >= 0.3 is 0 Å². The minimum absolute atomic E-state index is 0.373. The first kappa shape index (κ1) is 6.70. The fourth-order valence-electron chi connectivity index (χ4n) is 0.113. The topological polar surface area (TPSA) is 17.1 Å². The zero-order chi connectivity index (χ0) is 5.86. The second kappa shape index (κ2) is 2.80. The van der Waals surface area contributed by atoms with Gasteiger partial charge in [-0.25, -0.2) is 0 Å². The molecule has 0 fully saturated rings. The number of halogens is 1. The standard InChI is InChI=1S/C5H7ClO/c1-3-4(2)5(6)7/h3H,1-2H3/b4-3-. The summed E-state index contributed by atoms with van der Waals surface area (Å²) in [5, 5.41) is -0.373. The van der Waals surface area contributed by atoms with Crippen LogP contribution in [0, 0.1) is 0 Å². The molecular weight excluding hydrogens is 112 g/mol. The van der Waals surface area contributed by atoms with Crippen molar-refractivity contribution in [1.82, 2.24) is 0 Å². The summed E-state index contributed by atoms with van der Waals surface area (Å²) in [4.78, 5) is 10.1. The molecule has 0 saturated carbocycles. The first-order valence-corrected chi connectivity index (χ1v) is 2.39. The maximum absolute atomic E-state index is 10.1. The summed E-state index contributed by atoms with van der Waals surface area (Å²) in [6.45, 7) is 3.45. The summed E-state index contributed by atoms with van der Waals surface area (Å²) >= 11 is 5.02. The van der Waals surface area contributed by atoms with E-state index < -0.39 is 0 Å². The van der Waals surface area contributed by atoms with E-state index >= 15 is 0 Å². The van der Waals surface area contributed by atoms with E-state index in [0.29, 0.717) is 5.57 Å². The zero-order valence-electron chi connectivity index (χ0n) is 4.36. The summed E-state index contributed by atoms with van der Waals surface area (Å²) in [5.41, 5.74) is 0.599. The van der Waals surface area contributed by atoms with Gasteiger partial charge < -0.3 is 0 Å². The van der Waals surface area contributed by atoms with Crippen LogP contribution in [-0.2, 0) is 4.79 Å². The van der Waals surface area contributed by atoms with E-state index in [9.17, 15) is 4.79 Å². The van der Waals surface area contributed by atoms with Crippen molar-refractivity contribution >= 4 is 16.8 Å². The van der Waals surface area contributed by atoms with Crippen LogP contribution in [0.5, 0.6) is 0 Å². The summed E-state index contributed by atoms with van der Waals surface area (Å²) in [6, 6.07) is 0. The maximum atomic E-state index is 10.1. The van der Waals surface area contributed by atoms with Gasteiger partial charge in [0.2, 0.25) is 5.24 Å². The Bertz CT molecular complexity index is 105. The van der Waals surface area contributed by atoms with Crippen molar-refractivity contribution in [3.8, 4) is 0 Å². The molecule has 0 aromatic heterocycles. The van der Waals surface area contributed by atoms with Crippen LogP contribution in [-0.4, -0.2) is 5.24 Å². The molecule has 0 radical (unpaired) electrons. The van der Waals surface area contributed by atoms with E-state index in [1.165, 1.54) is 0 Å². The molecule has 1 nitrogen and oxygen atoms in total. The van der Waals surface area contributed by atoms with E-state index in [0.717, 1.165) is 0 Å². The Morgan fingerprint density at radius 2 is 2.14 bits per heavy atom. The van der Waals surface area contributed by atoms with E-state index in [4.69, 9.17) is 11.6 Å². The largest absolute Gasteiger partial charge is 0.276 e. The van der Waals surface area contributed by atoms with Gasteiger partial charge in [-0.2, -0.15) is 0 Å². The molecule has 0 aliphatic heterocycles. The van der Waals surface area contributed by atoms with Gasteiger partial charge in [-0.1, -0.05) is 6.08 Å². The number of hydrogen-bond donors (Lipinski definition) is 0. The highest BCUT2D eigenvalue weighted by Crippen LogP contribution is 1.95. The lowest BCUT2D eigenvalue weighted by atomic mass is 10.3. The molecule has 0 amide bonds. The third-order valence-corrected chi connectivity index (χ3v) is 1.04. The number of hydrogen-bond acceptors (Lipinski definition) is 1. The van der Waals surface area contributed by atoms with E-state index in [1.54, 1.807) is 19.9 Å². The van der Waals surface area contributed by atoms with Gasteiger partial charge in [0.25, 0.3) is 0 Å². The molecule has 0 aliphatic rings. The third kappa shape index (κ3) is 2.40. The first-order valence-electron chi connectivity index (χ1n) is 2.01. The SMILES string of the molecule is C/C=C(/C)C(=O)Cl. The fraction of sp³-hybridized carbons (Fsp3) is 0.400. The molecule has 2 heteroatoms. The monoisotopic (exact) mass is 118 g/mol. The van der Waals surface area contributed by atoms with Crippen molar-refractivity contribution in [2.75, 3.05) is 0 Å². The summed E-state index contributed by atoms with van der Waals surface area (Å²) in [6.07, 6.45) is 1.68. The molecule has 0 unspecified atom stereocenters. The van der Waals surface area contributed by atoms with Gasteiger partial charge in [0.05, 0.1) is 0 Å². The molecule has 0 aromatic rings. The summed E-state index contributed by atoms with van der Waals surface area (Å²) in [7, 11) is 0. The molecule has 0 bridgehead atoms. The molecule has 40 valence electrons. The van der Waals surface area contributed by atoms with Crippen molar-refractivity contribution in [3.05, 3.63) is 11.6 Å². The predicted octanol–water partition coefficient (Wildman–Crippen LogP) is 1.72. The minimum atomic E-state index is -0.373. The van der Waals surface area contributed by atoms with Crippen LogP contribution in [0.3, 0.4) is 0 Å². The average molecular weight is 119 g/mol. The molecule has 0 N–H and O–H groups in total. The van der Waals surface area contributed by atoms with Gasteiger partial charge in [-0.15, -0.1) is 0 Å². The maximum Gasteiger partial charge on any atom is 0.247 e. The zero-order valence-corrected chi connectivity index (χ0v) is 5.12. The van der Waals surface area contributed by atoms with Crippen LogP contribution in [0.15, 0.2) is 11.6 Å². The highest BCUT2D eigenvalue weighted by Gasteiger charge is 1.92. The second-order valence-electron chi connectivity index (χ2n) is 1.25. The van der Waals surface area contributed by atoms with E-state index in [2.05, 4.69) is 0 Å². The van der Waals surface area contributed by atoms with Crippen molar-refractivity contribution in [3.63, 3.8) is 0 Å². The van der Waals surface area contributed by atoms with Crippen LogP contribution >= 0.6 is 11.6 Å². The average Bonchev–Trinajstić information content (AvgIpc) is 1.65. The molecular formula is C5H7ClO. The second-order valence-corrected chi connectivity index (χ2v) is 1.59. The quantitative estimate of drug-likeness (QED) is 0.379. The van der Waals surface area contributed by atoms with Crippen LogP contribution in [0.2, 0.25) is 0 Å². The molecule has 0 spiro atoms. The van der Waals surface area contributed by atoms with Crippen LogP contribution < -0.4 is 0 Å². The van der Waals surface area contributed by atoms with Crippen molar-refractivity contribution in [1.29, 1.82) is 0 Å². The Labute approximate surface area is 48.0 Å². The van der Waals surface area contributed by atoms with Crippen LogP contribution in [0.25, 0.3) is 0 Å². The van der Waals surface area contributed by atoms with Crippen molar-refractivity contribution in [2.45, 2.75) is 13.8 Å². The van der Waals surface area contributed by atoms with Gasteiger partial charge in [0.1, 0.15) is 0 Å². The van der Waals surface area contributed by atoms with Crippen molar-refractivity contribution < 1.29 is 4.79 Å². The smallest absolute Gasteiger partial charge is 0.247 e. The summed E-state index contributed by atoms with van der Waals surface area (Å²) in [5.74, 6) is 0. The lowest BCUT2D eigenvalue weighted by Crippen LogP contribution is -1.84. The normalized spacial score (nSPS) is 11.6. The molecule has 0 heterocycles. The molecule has 0 saturated heterocycles. The minimum Gasteiger partial charge on any atom is -0.276 e. The van der Waals surface area contributed by atoms with Crippen LogP contribution in [0.1, 0.15) is 13.8 Å². The Balaban J connectivity index is 3.82. The van der Waals surface area contributed by atoms with Gasteiger partial charge in [-0.3, -0.25) is 4.79 Å². The molecule has 0 aliphatic carbocycles. The number of rotatable bonds is 1. The molecule has 7 heavy (non-hydrogen) atoms. The summed E-state index contributed by atoms with van der Waals surface area (Å²) < 4.78 is 0. The Morgan fingerprint density at radius 1 is 1.71 bits per heavy atom. The molecule has 0 rings (SSSR count). The Morgan fingerprint density at radius 3 is 2.14 bits per heavy atom. The molecule has 0 aromatic carbocycles. The number of carbonyl (C=O) groups is 1. The van der Waals surface area contributed by atoms with Gasteiger partial charge in [-0.05, 0) is 25.4 Å². The van der Waals surface area contributed by atoms with Gasteiger partial charge in [0, 0.05) is 5.57 Å². The van der Waals surface area contributed by atoms with Crippen LogP contribution in [0.4, 0.5) is 0 Å². The van der Waals surface area contributed by atoms with Gasteiger partial charge in [0.15, 0.2) is 0 Å². The van der Waals surface area contributed by atoms with E-state index in [1.807, 2.05) is 0 Å². The lowest BCUT2D eigenvalue weighted by Gasteiger charge is -1.82. The third-order valence-electron chi connectivity index (χ3n) is 0.743. The molecule has 0 atom stereocenters.